The third-order valence-corrected chi connectivity index (χ3v) is 8.74. The Balaban J connectivity index is 2.09. The molecule has 1 saturated heterocycles. The maximum atomic E-state index is 13.6. The van der Waals surface area contributed by atoms with Gasteiger partial charge in [-0.25, -0.2) is 0 Å². The summed E-state index contributed by atoms with van der Waals surface area (Å²) in [6, 6.07) is 7.27. The highest BCUT2D eigenvalue weighted by atomic mass is 16.5. The van der Waals surface area contributed by atoms with Gasteiger partial charge in [0.2, 0.25) is 17.7 Å². The fourth-order valence-electron chi connectivity index (χ4n) is 5.67. The molecule has 1 heterocycles. The summed E-state index contributed by atoms with van der Waals surface area (Å²) in [5.41, 5.74) is 12.8. The van der Waals surface area contributed by atoms with Gasteiger partial charge in [0.05, 0.1) is 37.2 Å². The zero-order valence-corrected chi connectivity index (χ0v) is 27.8. The molecule has 254 valence electrons. The van der Waals surface area contributed by atoms with Crippen molar-refractivity contribution >= 4 is 23.7 Å². The number of ether oxygens (including phenoxy) is 3. The Morgan fingerprint density at radius 2 is 1.71 bits per heavy atom. The molecule has 3 amide bonds. The van der Waals surface area contributed by atoms with Gasteiger partial charge in [0.15, 0.2) is 0 Å². The van der Waals surface area contributed by atoms with Gasteiger partial charge in [0.25, 0.3) is 0 Å². The van der Waals surface area contributed by atoms with Gasteiger partial charge in [0.1, 0.15) is 12.1 Å². The van der Waals surface area contributed by atoms with E-state index >= 15 is 0 Å². The van der Waals surface area contributed by atoms with Gasteiger partial charge in [-0.05, 0) is 37.7 Å². The van der Waals surface area contributed by atoms with E-state index in [1.165, 1.54) is 0 Å². The maximum absolute atomic E-state index is 13.6. The fraction of sp³-hybridized carbons (Fsp3) is 0.697. The van der Waals surface area contributed by atoms with Crippen molar-refractivity contribution in [1.82, 2.24) is 15.5 Å². The van der Waals surface area contributed by atoms with Gasteiger partial charge in [-0.15, -0.1) is 0 Å². The van der Waals surface area contributed by atoms with Crippen LogP contribution in [0.3, 0.4) is 0 Å². The molecule has 0 unspecified atom stereocenters. The highest BCUT2D eigenvalue weighted by Crippen LogP contribution is 2.28. The molecule has 12 heteroatoms. The topological polar surface area (TPSA) is 175 Å². The van der Waals surface area contributed by atoms with E-state index in [1.54, 1.807) is 33.0 Å². The predicted molar refractivity (Wildman–Crippen MR) is 172 cm³/mol. The van der Waals surface area contributed by atoms with E-state index in [-0.39, 0.29) is 61.7 Å². The van der Waals surface area contributed by atoms with Crippen molar-refractivity contribution < 1.29 is 33.4 Å². The number of likely N-dealkylation sites (tertiary alicyclic amines) is 1. The monoisotopic (exact) mass is 633 g/mol. The Bertz CT molecular complexity index is 1070. The number of amides is 3. The standard InChI is InChI=1S/C33H55N5O7/c1-7-21(2)29(35)27(43-5)20-28(39)38-17-11-15-26(38)30(44-6)22(3)31(40)37-25(19-24-13-9-8-10-14-24)32(41)36-16-12-18-45-33(42)23(4)34/h8-10,13-14,21-23,25-27,29-30H,7,11-12,15-20,34-35H2,1-6H3,(H,36,41)(H,37,40)/t21-,22+,23-,25-,26-,27+,29-,30+/m0/s1. The minimum Gasteiger partial charge on any atom is -0.464 e. The molecule has 1 aliphatic heterocycles. The average molecular weight is 634 g/mol. The molecule has 0 radical (unpaired) electrons. The largest absolute Gasteiger partial charge is 0.464 e. The van der Waals surface area contributed by atoms with Crippen LogP contribution in [0.5, 0.6) is 0 Å². The lowest BCUT2D eigenvalue weighted by molar-refractivity contribution is -0.144. The van der Waals surface area contributed by atoms with Crippen molar-refractivity contribution in [2.45, 2.75) is 103 Å². The number of methoxy groups -OCH3 is 2. The molecule has 2 rings (SSSR count). The number of nitrogens with zero attached hydrogens (tertiary/aromatic N) is 1. The first-order valence-corrected chi connectivity index (χ1v) is 16.1. The van der Waals surface area contributed by atoms with Crippen LogP contribution in [0.1, 0.15) is 65.4 Å². The third-order valence-electron chi connectivity index (χ3n) is 8.74. The van der Waals surface area contributed by atoms with Crippen LogP contribution in [0.15, 0.2) is 30.3 Å². The van der Waals surface area contributed by atoms with E-state index in [9.17, 15) is 19.2 Å². The van der Waals surface area contributed by atoms with Gasteiger partial charge in [0, 0.05) is 39.8 Å². The summed E-state index contributed by atoms with van der Waals surface area (Å²) >= 11 is 0. The Morgan fingerprint density at radius 3 is 2.31 bits per heavy atom. The Kier molecular flexibility index (Phi) is 16.5. The Hall–Kier alpha value is -3.06. The van der Waals surface area contributed by atoms with E-state index < -0.39 is 36.2 Å². The quantitative estimate of drug-likeness (QED) is 0.130. The van der Waals surface area contributed by atoms with Gasteiger partial charge < -0.3 is 41.2 Å². The van der Waals surface area contributed by atoms with Crippen molar-refractivity contribution in [3.8, 4) is 0 Å². The minimum absolute atomic E-state index is 0.0781. The van der Waals surface area contributed by atoms with E-state index in [4.69, 9.17) is 25.7 Å². The average Bonchev–Trinajstić information content (AvgIpc) is 3.52. The van der Waals surface area contributed by atoms with Crippen LogP contribution in [0.4, 0.5) is 0 Å². The molecule has 0 spiro atoms. The molecule has 1 aliphatic rings. The van der Waals surface area contributed by atoms with Crippen molar-refractivity contribution in [3.05, 3.63) is 35.9 Å². The summed E-state index contributed by atoms with van der Waals surface area (Å²) in [5, 5.41) is 5.76. The summed E-state index contributed by atoms with van der Waals surface area (Å²) in [6.07, 6.45) is 2.20. The summed E-state index contributed by atoms with van der Waals surface area (Å²) in [4.78, 5) is 53.7. The summed E-state index contributed by atoms with van der Waals surface area (Å²) in [6.45, 7) is 8.34. The summed E-state index contributed by atoms with van der Waals surface area (Å²) in [7, 11) is 3.11. The zero-order valence-electron chi connectivity index (χ0n) is 27.8. The smallest absolute Gasteiger partial charge is 0.322 e. The maximum Gasteiger partial charge on any atom is 0.322 e. The van der Waals surface area contributed by atoms with Crippen molar-refractivity contribution in [2.75, 3.05) is 33.9 Å². The second-order valence-electron chi connectivity index (χ2n) is 12.1. The molecule has 0 aromatic heterocycles. The lowest BCUT2D eigenvalue weighted by Crippen LogP contribution is -2.54. The molecule has 1 fully saturated rings. The van der Waals surface area contributed by atoms with Gasteiger partial charge in [-0.3, -0.25) is 19.2 Å². The number of hydrogen-bond donors (Lipinski definition) is 4. The Morgan fingerprint density at radius 1 is 1.02 bits per heavy atom. The van der Waals surface area contributed by atoms with Crippen LogP contribution >= 0.6 is 0 Å². The van der Waals surface area contributed by atoms with Gasteiger partial charge in [-0.2, -0.15) is 0 Å². The highest BCUT2D eigenvalue weighted by molar-refractivity contribution is 5.89. The second-order valence-corrected chi connectivity index (χ2v) is 12.1. The van der Waals surface area contributed by atoms with Crippen LogP contribution in [0, 0.1) is 11.8 Å². The Labute approximate surface area is 268 Å². The van der Waals surface area contributed by atoms with E-state index in [0.717, 1.165) is 18.4 Å². The number of nitrogens with one attached hydrogen (secondary N) is 2. The van der Waals surface area contributed by atoms with Crippen LogP contribution in [0.2, 0.25) is 0 Å². The van der Waals surface area contributed by atoms with E-state index in [1.807, 2.05) is 37.3 Å². The SMILES string of the molecule is CC[C@H](C)[C@H](N)[C@@H](CC(=O)N1CCC[C@H]1[C@H](OC)[C@@H](C)C(=O)N[C@@H](Cc1ccccc1)C(=O)NCCCOC(=O)[C@H](C)N)OC. The lowest BCUT2D eigenvalue weighted by atomic mass is 9.92. The second kappa shape index (κ2) is 19.5. The number of hydrogen-bond acceptors (Lipinski definition) is 9. The van der Waals surface area contributed by atoms with E-state index in [2.05, 4.69) is 17.6 Å². The predicted octanol–water partition coefficient (Wildman–Crippen LogP) is 1.53. The van der Waals surface area contributed by atoms with Gasteiger partial charge in [-0.1, -0.05) is 57.5 Å². The number of carbonyl (C=O) groups is 4. The molecule has 0 bridgehead atoms. The van der Waals surface area contributed by atoms with Crippen LogP contribution < -0.4 is 22.1 Å². The van der Waals surface area contributed by atoms with Crippen LogP contribution in [-0.2, 0) is 39.8 Å². The van der Waals surface area contributed by atoms with Crippen LogP contribution in [0.25, 0.3) is 0 Å². The first-order valence-electron chi connectivity index (χ1n) is 16.1. The zero-order chi connectivity index (χ0) is 33.5. The number of nitrogens with two attached hydrogens (primary N) is 2. The fourth-order valence-corrected chi connectivity index (χ4v) is 5.67. The number of esters is 1. The molecule has 1 aromatic carbocycles. The first-order chi connectivity index (χ1) is 21.4. The lowest BCUT2D eigenvalue weighted by Gasteiger charge is -2.35. The van der Waals surface area contributed by atoms with E-state index in [0.29, 0.717) is 19.4 Å². The number of carbonyl (C=O) groups excluding carboxylic acids is 4. The molecule has 8 atom stereocenters. The van der Waals surface area contributed by atoms with Crippen LogP contribution in [-0.4, -0.2) is 98.9 Å². The van der Waals surface area contributed by atoms with Crippen molar-refractivity contribution in [3.63, 3.8) is 0 Å². The van der Waals surface area contributed by atoms with Crippen molar-refractivity contribution in [2.24, 2.45) is 23.3 Å². The summed E-state index contributed by atoms with van der Waals surface area (Å²) < 4.78 is 16.5. The molecule has 6 N–H and O–H groups in total. The highest BCUT2D eigenvalue weighted by Gasteiger charge is 2.41. The normalized spacial score (nSPS) is 19.5. The molecule has 0 saturated carbocycles. The molecule has 45 heavy (non-hydrogen) atoms. The number of benzene rings is 1. The minimum atomic E-state index is -0.850. The summed E-state index contributed by atoms with van der Waals surface area (Å²) in [5.74, 6) is -1.74. The van der Waals surface area contributed by atoms with Gasteiger partial charge >= 0.3 is 5.97 Å². The molecule has 12 nitrogen and oxygen atoms in total. The van der Waals surface area contributed by atoms with Crippen molar-refractivity contribution in [1.29, 1.82) is 0 Å². The molecule has 0 aliphatic carbocycles. The third kappa shape index (κ3) is 11.7. The molecular formula is C33H55N5O7. The molecule has 1 aromatic rings. The molecular weight excluding hydrogens is 578 g/mol. The first kappa shape index (κ1) is 38.1. The number of rotatable bonds is 19.